The van der Waals surface area contributed by atoms with E-state index in [0.29, 0.717) is 6.61 Å². The lowest BCUT2D eigenvalue weighted by molar-refractivity contribution is -0.0149. The first-order chi connectivity index (χ1) is 12.4. The molecule has 1 heterocycles. The fourth-order valence-electron chi connectivity index (χ4n) is 2.34. The van der Waals surface area contributed by atoms with E-state index in [1.54, 1.807) is 18.4 Å². The first-order valence-electron chi connectivity index (χ1n) is 8.93. The van der Waals surface area contributed by atoms with E-state index < -0.39 is 0 Å². The Labute approximate surface area is 160 Å². The first-order valence-corrected chi connectivity index (χ1v) is 9.75. The summed E-state index contributed by atoms with van der Waals surface area (Å²) in [7, 11) is 1.79. The van der Waals surface area contributed by atoms with E-state index in [-0.39, 0.29) is 5.60 Å². The molecule has 1 aromatic heterocycles. The van der Waals surface area contributed by atoms with E-state index in [2.05, 4.69) is 72.6 Å². The molecule has 0 unspecified atom stereocenters. The highest BCUT2D eigenvalue weighted by atomic mass is 32.1. The van der Waals surface area contributed by atoms with E-state index in [1.165, 1.54) is 16.0 Å². The maximum absolute atomic E-state index is 5.85. The number of ether oxygens (including phenoxy) is 1. The number of nitrogens with zero attached hydrogens (tertiary/aromatic N) is 2. The van der Waals surface area contributed by atoms with Crippen molar-refractivity contribution in [2.75, 3.05) is 13.6 Å². The molecule has 0 saturated heterocycles. The largest absolute Gasteiger partial charge is 0.371 e. The Morgan fingerprint density at radius 3 is 2.65 bits per heavy atom. The predicted octanol–water partition coefficient (Wildman–Crippen LogP) is 3.67. The van der Waals surface area contributed by atoms with Crippen molar-refractivity contribution in [3.8, 4) is 0 Å². The molecule has 0 bridgehead atoms. The molecule has 1 aromatic carbocycles. The second kappa shape index (κ2) is 9.69. The number of hydrogen-bond donors (Lipinski definition) is 2. The van der Waals surface area contributed by atoms with Gasteiger partial charge in [-0.15, -0.1) is 11.3 Å². The van der Waals surface area contributed by atoms with Gasteiger partial charge in [-0.1, -0.05) is 24.3 Å². The van der Waals surface area contributed by atoms with Crippen LogP contribution in [-0.4, -0.2) is 30.1 Å². The molecule has 0 aliphatic rings. The molecule has 2 rings (SSSR count). The summed E-state index contributed by atoms with van der Waals surface area (Å²) >= 11 is 1.74. The molecule has 0 saturated carbocycles. The summed E-state index contributed by atoms with van der Waals surface area (Å²) in [5.74, 6) is 0.801. The van der Waals surface area contributed by atoms with Crippen LogP contribution in [0.3, 0.4) is 0 Å². The molecule has 0 spiro atoms. The smallest absolute Gasteiger partial charge is 0.191 e. The van der Waals surface area contributed by atoms with Gasteiger partial charge in [-0.05, 0) is 38.8 Å². The fraction of sp³-hybridized carbons (Fsp3) is 0.500. The number of rotatable bonds is 7. The molecule has 0 aliphatic carbocycles. The molecule has 26 heavy (non-hydrogen) atoms. The van der Waals surface area contributed by atoms with Crippen molar-refractivity contribution in [1.82, 2.24) is 15.6 Å². The predicted molar refractivity (Wildman–Crippen MR) is 110 cm³/mol. The Morgan fingerprint density at radius 2 is 2.00 bits per heavy atom. The van der Waals surface area contributed by atoms with Crippen molar-refractivity contribution in [1.29, 1.82) is 0 Å². The van der Waals surface area contributed by atoms with E-state index >= 15 is 0 Å². The van der Waals surface area contributed by atoms with E-state index in [0.717, 1.165) is 30.5 Å². The van der Waals surface area contributed by atoms with E-state index in [4.69, 9.17) is 4.74 Å². The first kappa shape index (κ1) is 20.4. The Balaban J connectivity index is 1.78. The summed E-state index contributed by atoms with van der Waals surface area (Å²) in [5.41, 5.74) is 2.26. The van der Waals surface area contributed by atoms with Gasteiger partial charge in [0.05, 0.1) is 17.2 Å². The summed E-state index contributed by atoms with van der Waals surface area (Å²) < 4.78 is 5.85. The Kier molecular flexibility index (Phi) is 7.60. The van der Waals surface area contributed by atoms with Crippen molar-refractivity contribution in [2.24, 2.45) is 4.99 Å². The highest BCUT2D eigenvalue weighted by Crippen LogP contribution is 2.13. The van der Waals surface area contributed by atoms with Crippen LogP contribution in [0.15, 0.2) is 35.5 Å². The highest BCUT2D eigenvalue weighted by molar-refractivity contribution is 7.11. The van der Waals surface area contributed by atoms with Crippen molar-refractivity contribution in [3.63, 3.8) is 0 Å². The summed E-state index contributed by atoms with van der Waals surface area (Å²) in [6, 6.07) is 8.45. The Morgan fingerprint density at radius 1 is 1.23 bits per heavy atom. The minimum absolute atomic E-state index is 0.129. The lowest BCUT2D eigenvalue weighted by Crippen LogP contribution is -2.37. The van der Waals surface area contributed by atoms with Gasteiger partial charge in [0, 0.05) is 37.6 Å². The molecule has 5 nitrogen and oxygen atoms in total. The van der Waals surface area contributed by atoms with Gasteiger partial charge in [-0.2, -0.15) is 0 Å². The average Bonchev–Trinajstić information content (AvgIpc) is 3.01. The molecule has 0 radical (unpaired) electrons. The van der Waals surface area contributed by atoms with Gasteiger partial charge in [0.15, 0.2) is 5.96 Å². The average molecular weight is 375 g/mol. The van der Waals surface area contributed by atoms with E-state index in [9.17, 15) is 0 Å². The highest BCUT2D eigenvalue weighted by Gasteiger charge is 2.10. The summed E-state index contributed by atoms with van der Waals surface area (Å²) in [5, 5.41) is 7.85. The lowest BCUT2D eigenvalue weighted by atomic mass is 10.1. The van der Waals surface area contributed by atoms with Crippen LogP contribution in [0.2, 0.25) is 0 Å². The number of aromatic nitrogens is 1. The number of guanidine groups is 1. The molecule has 0 amide bonds. The van der Waals surface area contributed by atoms with E-state index in [1.807, 2.05) is 6.20 Å². The van der Waals surface area contributed by atoms with Gasteiger partial charge < -0.3 is 15.4 Å². The van der Waals surface area contributed by atoms with Crippen LogP contribution in [0.25, 0.3) is 0 Å². The van der Waals surface area contributed by atoms with Crippen LogP contribution in [-0.2, 0) is 24.3 Å². The molecule has 6 heteroatoms. The van der Waals surface area contributed by atoms with Crippen LogP contribution in [0.4, 0.5) is 0 Å². The third-order valence-corrected chi connectivity index (χ3v) is 4.62. The fourth-order valence-corrected chi connectivity index (χ4v) is 3.13. The summed E-state index contributed by atoms with van der Waals surface area (Å²) in [4.78, 5) is 9.91. The minimum atomic E-state index is -0.129. The summed E-state index contributed by atoms with van der Waals surface area (Å²) in [6.07, 6.45) is 2.82. The van der Waals surface area contributed by atoms with Crippen molar-refractivity contribution in [2.45, 2.75) is 52.9 Å². The lowest BCUT2D eigenvalue weighted by Gasteiger charge is -2.19. The number of benzene rings is 1. The molecule has 0 aliphatic heterocycles. The molecule has 2 N–H and O–H groups in total. The second-order valence-electron chi connectivity index (χ2n) is 7.19. The van der Waals surface area contributed by atoms with Gasteiger partial charge in [0.25, 0.3) is 0 Å². The number of aliphatic imine (C=N–C) groups is 1. The molecule has 0 fully saturated rings. The Hall–Kier alpha value is -1.92. The molecule has 142 valence electrons. The maximum Gasteiger partial charge on any atom is 0.191 e. The van der Waals surface area contributed by atoms with Crippen LogP contribution in [0.1, 0.15) is 41.8 Å². The van der Waals surface area contributed by atoms with Gasteiger partial charge in [0.2, 0.25) is 0 Å². The topological polar surface area (TPSA) is 58.5 Å². The normalized spacial score (nSPS) is 12.3. The zero-order valence-corrected chi connectivity index (χ0v) is 17.2. The zero-order valence-electron chi connectivity index (χ0n) is 16.4. The van der Waals surface area contributed by atoms with Crippen LogP contribution in [0.5, 0.6) is 0 Å². The monoisotopic (exact) mass is 374 g/mol. The Bertz CT molecular complexity index is 719. The quantitative estimate of drug-likeness (QED) is 0.573. The van der Waals surface area contributed by atoms with Crippen molar-refractivity contribution >= 4 is 17.3 Å². The summed E-state index contributed by atoms with van der Waals surface area (Å²) in [6.45, 7) is 10.4. The molecular weight excluding hydrogens is 344 g/mol. The number of aryl methyl sites for hydroxylation is 1. The number of nitrogens with one attached hydrogen (secondary N) is 2. The third-order valence-electron chi connectivity index (χ3n) is 3.65. The van der Waals surface area contributed by atoms with Gasteiger partial charge in [-0.3, -0.25) is 4.99 Å². The zero-order chi connectivity index (χ0) is 19.0. The number of hydrogen-bond acceptors (Lipinski definition) is 4. The minimum Gasteiger partial charge on any atom is -0.371 e. The van der Waals surface area contributed by atoms with Crippen LogP contribution in [0, 0.1) is 6.92 Å². The number of thiazole rings is 1. The molecular formula is C20H30N4OS. The molecule has 2 aromatic rings. The SMILES string of the molecule is CN=C(NCCc1ncc(C)s1)NCc1cccc(COC(C)(C)C)c1. The van der Waals surface area contributed by atoms with Crippen molar-refractivity contribution in [3.05, 3.63) is 51.5 Å². The van der Waals surface area contributed by atoms with Gasteiger partial charge in [0.1, 0.15) is 0 Å². The van der Waals surface area contributed by atoms with Gasteiger partial charge in [-0.25, -0.2) is 4.98 Å². The third kappa shape index (κ3) is 7.54. The standard InChI is InChI=1S/C20H30N4OS/c1-15-12-23-18(26-15)9-10-22-19(21-5)24-13-16-7-6-8-17(11-16)14-25-20(2,3)4/h6-8,11-12H,9-10,13-14H2,1-5H3,(H2,21,22,24). The van der Waals surface area contributed by atoms with Crippen LogP contribution < -0.4 is 10.6 Å². The van der Waals surface area contributed by atoms with Gasteiger partial charge >= 0.3 is 0 Å². The maximum atomic E-state index is 5.85. The van der Waals surface area contributed by atoms with Crippen LogP contribution >= 0.6 is 11.3 Å². The molecule has 0 atom stereocenters. The second-order valence-corrected chi connectivity index (χ2v) is 8.51. The van der Waals surface area contributed by atoms with Crippen molar-refractivity contribution < 1.29 is 4.74 Å².